The molecule has 0 aliphatic carbocycles. The predicted molar refractivity (Wildman–Crippen MR) is 74.0 cm³/mol. The first-order chi connectivity index (χ1) is 8.42. The minimum Gasteiger partial charge on any atom is -0.388 e. The number of carbonyl (C=O) groups is 1. The summed E-state index contributed by atoms with van der Waals surface area (Å²) in [6, 6.07) is 0. The normalized spacial score (nSPS) is 12.3. The van der Waals surface area contributed by atoms with Crippen LogP contribution >= 0.6 is 0 Å². The Morgan fingerprint density at radius 1 is 1.44 bits per heavy atom. The summed E-state index contributed by atoms with van der Waals surface area (Å²) in [7, 11) is 0. The Morgan fingerprint density at radius 2 is 2.00 bits per heavy atom. The smallest absolute Gasteiger partial charge is 0.217 e. The second kappa shape index (κ2) is 7.87. The number of aliphatic hydroxyl groups is 1. The van der Waals surface area contributed by atoms with Gasteiger partial charge in [0.05, 0.1) is 12.1 Å². The number of hydrogen-bond acceptors (Lipinski definition) is 4. The van der Waals surface area contributed by atoms with Crippen LogP contribution in [0.1, 0.15) is 46.5 Å². The van der Waals surface area contributed by atoms with Gasteiger partial charge in [-0.15, -0.1) is 0 Å². The monoisotopic (exact) mass is 255 g/mol. The number of primary amides is 1. The number of carbonyl (C=O) groups excluding carboxylic acids is 1. The summed E-state index contributed by atoms with van der Waals surface area (Å²) in [5.74, 6) is -0.348. The Morgan fingerprint density at radius 3 is 2.33 bits per heavy atom. The molecule has 0 aromatic rings. The van der Waals surface area contributed by atoms with Crippen molar-refractivity contribution >= 4 is 12.6 Å². The van der Waals surface area contributed by atoms with Crippen molar-refractivity contribution in [1.29, 1.82) is 0 Å². The lowest BCUT2D eigenvalue weighted by atomic mass is 9.97. The van der Waals surface area contributed by atoms with E-state index >= 15 is 0 Å². The van der Waals surface area contributed by atoms with Crippen molar-refractivity contribution in [3.05, 3.63) is 11.8 Å². The van der Waals surface area contributed by atoms with Crippen LogP contribution < -0.4 is 5.73 Å². The first-order valence-corrected chi connectivity index (χ1v) is 6.32. The molecule has 0 aliphatic rings. The van der Waals surface area contributed by atoms with E-state index in [4.69, 9.17) is 5.73 Å². The van der Waals surface area contributed by atoms with E-state index in [1.165, 1.54) is 0 Å². The fraction of sp³-hybridized carbons (Fsp3) is 0.692. The summed E-state index contributed by atoms with van der Waals surface area (Å²) in [4.78, 5) is 10.8. The third-order valence-electron chi connectivity index (χ3n) is 3.22. The molecule has 0 saturated carbocycles. The average Bonchev–Trinajstić information content (AvgIpc) is 2.37. The molecule has 5 nitrogen and oxygen atoms in total. The second-order valence-corrected chi connectivity index (χ2v) is 4.38. The van der Waals surface area contributed by atoms with E-state index in [0.717, 1.165) is 5.70 Å². The predicted octanol–water partition coefficient (Wildman–Crippen LogP) is 1.62. The molecule has 1 amide bonds. The minimum atomic E-state index is -0.790. The van der Waals surface area contributed by atoms with Crippen LogP contribution in [-0.2, 0) is 4.79 Å². The summed E-state index contributed by atoms with van der Waals surface area (Å²) in [6.45, 7) is 9.63. The van der Waals surface area contributed by atoms with Gasteiger partial charge in [0.15, 0.2) is 0 Å². The lowest BCUT2D eigenvalue weighted by molar-refractivity contribution is -0.118. The molecule has 0 aromatic carbocycles. The Balaban J connectivity index is 4.73. The van der Waals surface area contributed by atoms with Crippen LogP contribution in [0, 0.1) is 0 Å². The topological polar surface area (TPSA) is 78.9 Å². The third kappa shape index (κ3) is 5.31. The maximum absolute atomic E-state index is 10.8. The molecule has 0 unspecified atom stereocenters. The summed E-state index contributed by atoms with van der Waals surface area (Å²) >= 11 is 0. The molecule has 0 rings (SSSR count). The lowest BCUT2D eigenvalue weighted by Gasteiger charge is -2.32. The van der Waals surface area contributed by atoms with E-state index < -0.39 is 5.60 Å². The number of nitrogens with two attached hydrogens (primary N) is 1. The molecular weight excluding hydrogens is 230 g/mol. The highest BCUT2D eigenvalue weighted by Crippen LogP contribution is 2.21. The van der Waals surface area contributed by atoms with Crippen LogP contribution in [0.2, 0.25) is 0 Å². The standard InChI is InChI=1S/C13H25N3O2/c1-5-11(8-9-12(14)17)16(15-4)10-13(18,6-2)7-3/h5,18H,4,6-10H2,1-3H3,(H2,14,17)/b11-5-. The molecule has 104 valence electrons. The van der Waals surface area contributed by atoms with Crippen LogP contribution in [0.15, 0.2) is 16.9 Å². The zero-order valence-corrected chi connectivity index (χ0v) is 11.6. The van der Waals surface area contributed by atoms with Crippen molar-refractivity contribution in [3.63, 3.8) is 0 Å². The quantitative estimate of drug-likeness (QED) is 0.485. The maximum Gasteiger partial charge on any atom is 0.217 e. The van der Waals surface area contributed by atoms with Crippen LogP contribution in [0.25, 0.3) is 0 Å². The van der Waals surface area contributed by atoms with Crippen molar-refractivity contribution in [3.8, 4) is 0 Å². The van der Waals surface area contributed by atoms with E-state index in [1.54, 1.807) is 5.01 Å². The molecule has 0 aliphatic heterocycles. The van der Waals surface area contributed by atoms with Crippen molar-refractivity contribution in [2.45, 2.75) is 52.1 Å². The molecule has 0 heterocycles. The Hall–Kier alpha value is -1.36. The molecule has 3 N–H and O–H groups in total. The van der Waals surface area contributed by atoms with Gasteiger partial charge in [0.25, 0.3) is 0 Å². The number of amides is 1. The molecule has 18 heavy (non-hydrogen) atoms. The van der Waals surface area contributed by atoms with E-state index in [2.05, 4.69) is 11.8 Å². The largest absolute Gasteiger partial charge is 0.388 e. The summed E-state index contributed by atoms with van der Waals surface area (Å²) < 4.78 is 0. The fourth-order valence-electron chi connectivity index (χ4n) is 1.67. The van der Waals surface area contributed by atoms with Gasteiger partial charge in [0, 0.05) is 18.8 Å². The molecular formula is C13H25N3O2. The van der Waals surface area contributed by atoms with Crippen molar-refractivity contribution < 1.29 is 9.90 Å². The van der Waals surface area contributed by atoms with Crippen molar-refractivity contribution in [2.75, 3.05) is 6.54 Å². The van der Waals surface area contributed by atoms with Gasteiger partial charge in [0.1, 0.15) is 0 Å². The summed E-state index contributed by atoms with van der Waals surface area (Å²) in [6.07, 6.45) is 3.92. The second-order valence-electron chi connectivity index (χ2n) is 4.38. The Bertz CT molecular complexity index is 309. The number of allylic oxidation sites excluding steroid dienone is 2. The van der Waals surface area contributed by atoms with Gasteiger partial charge in [-0.2, -0.15) is 5.10 Å². The van der Waals surface area contributed by atoms with Gasteiger partial charge in [-0.05, 0) is 26.2 Å². The molecule has 0 fully saturated rings. The SMILES string of the molecule is C=NN(CC(O)(CC)CC)/C(=C\C)CCC(N)=O. The zero-order chi connectivity index (χ0) is 14.2. The van der Waals surface area contributed by atoms with Crippen LogP contribution in [0.4, 0.5) is 0 Å². The van der Waals surface area contributed by atoms with Gasteiger partial charge in [-0.1, -0.05) is 19.9 Å². The zero-order valence-electron chi connectivity index (χ0n) is 11.6. The number of hydrogen-bond donors (Lipinski definition) is 2. The molecule has 0 saturated heterocycles. The number of hydrazone groups is 1. The average molecular weight is 255 g/mol. The first-order valence-electron chi connectivity index (χ1n) is 6.32. The van der Waals surface area contributed by atoms with Crippen molar-refractivity contribution in [2.24, 2.45) is 10.8 Å². The molecule has 5 heteroatoms. The highest BCUT2D eigenvalue weighted by molar-refractivity contribution is 5.73. The highest BCUT2D eigenvalue weighted by Gasteiger charge is 2.26. The Kier molecular flexibility index (Phi) is 7.27. The fourth-order valence-corrected chi connectivity index (χ4v) is 1.67. The summed E-state index contributed by atoms with van der Waals surface area (Å²) in [5.41, 5.74) is 5.20. The van der Waals surface area contributed by atoms with E-state index in [9.17, 15) is 9.90 Å². The highest BCUT2D eigenvalue weighted by atomic mass is 16.3. The molecule has 0 spiro atoms. The van der Waals surface area contributed by atoms with Gasteiger partial charge >= 0.3 is 0 Å². The Labute approximate surface area is 109 Å². The van der Waals surface area contributed by atoms with Crippen LogP contribution in [-0.4, -0.2) is 34.9 Å². The summed E-state index contributed by atoms with van der Waals surface area (Å²) in [5, 5.41) is 15.9. The van der Waals surface area contributed by atoms with Crippen LogP contribution in [0.5, 0.6) is 0 Å². The van der Waals surface area contributed by atoms with Gasteiger partial charge < -0.3 is 10.8 Å². The van der Waals surface area contributed by atoms with Crippen LogP contribution in [0.3, 0.4) is 0 Å². The minimum absolute atomic E-state index is 0.266. The van der Waals surface area contributed by atoms with E-state index in [0.29, 0.717) is 25.8 Å². The number of nitrogens with zero attached hydrogens (tertiary/aromatic N) is 2. The van der Waals surface area contributed by atoms with Gasteiger partial charge in [0.2, 0.25) is 5.91 Å². The van der Waals surface area contributed by atoms with Crippen molar-refractivity contribution in [1.82, 2.24) is 5.01 Å². The molecule has 0 bridgehead atoms. The lowest BCUT2D eigenvalue weighted by Crippen LogP contribution is -2.39. The first kappa shape index (κ1) is 16.6. The van der Waals surface area contributed by atoms with E-state index in [1.807, 2.05) is 26.8 Å². The number of rotatable bonds is 9. The van der Waals surface area contributed by atoms with Gasteiger partial charge in [-0.25, -0.2) is 0 Å². The van der Waals surface area contributed by atoms with E-state index in [-0.39, 0.29) is 12.3 Å². The maximum atomic E-state index is 10.8. The molecule has 0 atom stereocenters. The third-order valence-corrected chi connectivity index (χ3v) is 3.22. The molecule has 0 radical (unpaired) electrons. The van der Waals surface area contributed by atoms with Gasteiger partial charge in [-0.3, -0.25) is 9.80 Å². The molecule has 0 aromatic heterocycles.